The third-order valence-electron chi connectivity index (χ3n) is 9.40. The summed E-state index contributed by atoms with van der Waals surface area (Å²) in [4.78, 5) is 11.9. The summed E-state index contributed by atoms with van der Waals surface area (Å²) < 4.78 is 35.3. The number of methoxy groups -OCH3 is 3. The van der Waals surface area contributed by atoms with Gasteiger partial charge in [0, 0.05) is 5.56 Å². The van der Waals surface area contributed by atoms with Gasteiger partial charge in [-0.3, -0.25) is 0 Å². The molecule has 1 heterocycles. The molecule has 0 aliphatic carbocycles. The number of fused-ring (bicyclic) bond motifs is 3. The molecule has 0 spiro atoms. The zero-order chi connectivity index (χ0) is 35.9. The predicted octanol–water partition coefficient (Wildman–Crippen LogP) is 9.28. The zero-order valence-corrected chi connectivity index (χ0v) is 29.5. The smallest absolute Gasteiger partial charge is 0.337 e. The summed E-state index contributed by atoms with van der Waals surface area (Å²) in [6.07, 6.45) is 0. The van der Waals surface area contributed by atoms with E-state index in [4.69, 9.17) is 28.4 Å². The molecule has 0 saturated heterocycles. The number of benzene rings is 6. The van der Waals surface area contributed by atoms with E-state index < -0.39 is 5.60 Å². The standard InChI is InChI=1S/C45H40O7/c1-47-39-18-14-37(15-19-39)45(36-10-5-4-6-11-36,38-16-20-40(48-2)21-17-38)52-29-33-13-23-42-41-22-12-32(25-35(41)30-51-43(42)26-33)28-50-27-31-8-7-9-34(24-31)44(46)49-3/h4-26H,27-30H2,1-3H3. The summed E-state index contributed by atoms with van der Waals surface area (Å²) >= 11 is 0. The molecule has 1 aliphatic heterocycles. The van der Waals surface area contributed by atoms with Crippen LogP contribution in [0.2, 0.25) is 0 Å². The van der Waals surface area contributed by atoms with Gasteiger partial charge in [0.2, 0.25) is 0 Å². The summed E-state index contributed by atoms with van der Waals surface area (Å²) in [7, 11) is 4.71. The first kappa shape index (κ1) is 34.6. The van der Waals surface area contributed by atoms with Crippen molar-refractivity contribution in [3.8, 4) is 28.4 Å². The van der Waals surface area contributed by atoms with Gasteiger partial charge in [-0.15, -0.1) is 0 Å². The van der Waals surface area contributed by atoms with E-state index in [2.05, 4.69) is 72.8 Å². The van der Waals surface area contributed by atoms with Crippen molar-refractivity contribution in [2.24, 2.45) is 0 Å². The molecule has 0 radical (unpaired) electrons. The Bertz CT molecular complexity index is 2090. The fourth-order valence-electron chi connectivity index (χ4n) is 6.73. The molecule has 7 nitrogen and oxygen atoms in total. The van der Waals surface area contributed by atoms with Gasteiger partial charge in [-0.1, -0.05) is 91.0 Å². The van der Waals surface area contributed by atoms with Gasteiger partial charge in [-0.05, 0) is 93.0 Å². The maximum Gasteiger partial charge on any atom is 0.337 e. The van der Waals surface area contributed by atoms with Gasteiger partial charge < -0.3 is 28.4 Å². The fourth-order valence-corrected chi connectivity index (χ4v) is 6.73. The normalized spacial score (nSPS) is 11.9. The molecule has 0 bridgehead atoms. The molecular weight excluding hydrogens is 652 g/mol. The molecule has 7 rings (SSSR count). The SMILES string of the molecule is COC(=O)c1cccc(COCc2ccc3c(c2)COc2cc(COC(c4ccccc4)(c4ccc(OC)cc4)c4ccc(OC)cc4)ccc2-3)c1. The van der Waals surface area contributed by atoms with Crippen LogP contribution in [-0.2, 0) is 46.2 Å². The van der Waals surface area contributed by atoms with Gasteiger partial charge in [0.25, 0.3) is 0 Å². The van der Waals surface area contributed by atoms with E-state index in [-0.39, 0.29) is 5.97 Å². The summed E-state index contributed by atoms with van der Waals surface area (Å²) in [6.45, 7) is 1.60. The molecule has 6 aromatic carbocycles. The molecule has 1 aliphatic rings. The van der Waals surface area contributed by atoms with Crippen molar-refractivity contribution in [3.63, 3.8) is 0 Å². The minimum atomic E-state index is -0.925. The monoisotopic (exact) mass is 692 g/mol. The molecule has 0 amide bonds. The van der Waals surface area contributed by atoms with Crippen molar-refractivity contribution in [2.75, 3.05) is 21.3 Å². The van der Waals surface area contributed by atoms with Crippen molar-refractivity contribution in [2.45, 2.75) is 32.0 Å². The van der Waals surface area contributed by atoms with Crippen LogP contribution in [0.5, 0.6) is 17.2 Å². The van der Waals surface area contributed by atoms with E-state index in [1.807, 2.05) is 54.6 Å². The highest BCUT2D eigenvalue weighted by Crippen LogP contribution is 2.43. The van der Waals surface area contributed by atoms with E-state index in [1.165, 1.54) is 7.11 Å². The lowest BCUT2D eigenvalue weighted by Crippen LogP contribution is -2.32. The Labute approximate surface area is 304 Å². The first-order chi connectivity index (χ1) is 25.5. The molecular formula is C45H40O7. The average Bonchev–Trinajstić information content (AvgIpc) is 3.21. The maximum absolute atomic E-state index is 11.9. The van der Waals surface area contributed by atoms with Crippen molar-refractivity contribution in [1.29, 1.82) is 0 Å². The third kappa shape index (κ3) is 7.15. The predicted molar refractivity (Wildman–Crippen MR) is 200 cm³/mol. The van der Waals surface area contributed by atoms with Crippen molar-refractivity contribution < 1.29 is 33.2 Å². The lowest BCUT2D eigenvalue weighted by Gasteiger charge is -2.36. The topological polar surface area (TPSA) is 72.5 Å². The number of hydrogen-bond acceptors (Lipinski definition) is 7. The van der Waals surface area contributed by atoms with Crippen LogP contribution in [0.25, 0.3) is 11.1 Å². The number of ether oxygens (including phenoxy) is 6. The second-order valence-electron chi connectivity index (χ2n) is 12.6. The Balaban J connectivity index is 1.12. The molecule has 0 unspecified atom stereocenters. The van der Waals surface area contributed by atoms with Crippen LogP contribution in [0.1, 0.15) is 49.3 Å². The van der Waals surface area contributed by atoms with Gasteiger partial charge in [0.05, 0.1) is 46.7 Å². The van der Waals surface area contributed by atoms with Crippen LogP contribution in [0.4, 0.5) is 0 Å². The van der Waals surface area contributed by atoms with E-state index in [0.717, 1.165) is 67.3 Å². The zero-order valence-electron chi connectivity index (χ0n) is 29.5. The number of hydrogen-bond donors (Lipinski definition) is 0. The second kappa shape index (κ2) is 15.6. The quantitative estimate of drug-likeness (QED) is 0.0883. The molecule has 52 heavy (non-hydrogen) atoms. The maximum atomic E-state index is 11.9. The molecule has 0 fully saturated rings. The van der Waals surface area contributed by atoms with Gasteiger partial charge in [0.1, 0.15) is 29.5 Å². The Morgan fingerprint density at radius 3 is 1.83 bits per heavy atom. The Kier molecular flexibility index (Phi) is 10.3. The first-order valence-electron chi connectivity index (χ1n) is 17.1. The average molecular weight is 693 g/mol. The molecule has 262 valence electrons. The van der Waals surface area contributed by atoms with Gasteiger partial charge in [-0.2, -0.15) is 0 Å². The van der Waals surface area contributed by atoms with Crippen molar-refractivity contribution >= 4 is 5.97 Å². The van der Waals surface area contributed by atoms with Crippen LogP contribution in [0.15, 0.2) is 140 Å². The Hall–Kier alpha value is -5.89. The minimum Gasteiger partial charge on any atom is -0.497 e. The third-order valence-corrected chi connectivity index (χ3v) is 9.40. The summed E-state index contributed by atoms with van der Waals surface area (Å²) in [6, 6.07) is 46.3. The molecule has 0 N–H and O–H groups in total. The van der Waals surface area contributed by atoms with Crippen LogP contribution < -0.4 is 14.2 Å². The number of carbonyl (C=O) groups excluding carboxylic acids is 1. The van der Waals surface area contributed by atoms with Gasteiger partial charge in [0.15, 0.2) is 0 Å². The van der Waals surface area contributed by atoms with E-state index in [0.29, 0.717) is 32.0 Å². The van der Waals surface area contributed by atoms with Crippen LogP contribution >= 0.6 is 0 Å². The van der Waals surface area contributed by atoms with E-state index >= 15 is 0 Å². The lowest BCUT2D eigenvalue weighted by atomic mass is 9.80. The summed E-state index contributed by atoms with van der Waals surface area (Å²) in [5, 5.41) is 0. The fraction of sp³-hybridized carbons (Fsp3) is 0.178. The van der Waals surface area contributed by atoms with Gasteiger partial charge in [-0.25, -0.2) is 4.79 Å². The Morgan fingerprint density at radius 1 is 0.596 bits per heavy atom. The number of carbonyl (C=O) groups is 1. The van der Waals surface area contributed by atoms with Gasteiger partial charge >= 0.3 is 5.97 Å². The first-order valence-corrected chi connectivity index (χ1v) is 17.1. The lowest BCUT2D eigenvalue weighted by molar-refractivity contribution is 0.000106. The molecule has 0 aromatic heterocycles. The largest absolute Gasteiger partial charge is 0.497 e. The Morgan fingerprint density at radius 2 is 1.19 bits per heavy atom. The highest BCUT2D eigenvalue weighted by Gasteiger charge is 2.38. The molecule has 0 saturated carbocycles. The molecule has 7 heteroatoms. The van der Waals surface area contributed by atoms with E-state index in [1.54, 1.807) is 26.4 Å². The number of esters is 1. The van der Waals surface area contributed by atoms with Crippen molar-refractivity contribution in [3.05, 3.63) is 184 Å². The number of rotatable bonds is 13. The second-order valence-corrected chi connectivity index (χ2v) is 12.6. The summed E-state index contributed by atoms with van der Waals surface area (Å²) in [5.74, 6) is 2.01. The van der Waals surface area contributed by atoms with Crippen LogP contribution in [0, 0.1) is 0 Å². The highest BCUT2D eigenvalue weighted by atomic mass is 16.5. The highest BCUT2D eigenvalue weighted by molar-refractivity contribution is 5.89. The van der Waals surface area contributed by atoms with Crippen LogP contribution in [0.3, 0.4) is 0 Å². The minimum absolute atomic E-state index is 0.329. The molecule has 6 aromatic rings. The van der Waals surface area contributed by atoms with E-state index in [9.17, 15) is 4.79 Å². The van der Waals surface area contributed by atoms with Crippen LogP contribution in [-0.4, -0.2) is 27.3 Å². The van der Waals surface area contributed by atoms with Crippen molar-refractivity contribution in [1.82, 2.24) is 0 Å². The summed E-state index contributed by atoms with van der Waals surface area (Å²) in [5.41, 5.74) is 8.76. The molecule has 0 atom stereocenters.